The first kappa shape index (κ1) is 14.4. The van der Waals surface area contributed by atoms with Crippen LogP contribution in [0.15, 0.2) is 36.5 Å². The van der Waals surface area contributed by atoms with Gasteiger partial charge in [0, 0.05) is 24.8 Å². The summed E-state index contributed by atoms with van der Waals surface area (Å²) in [5, 5.41) is 16.4. The summed E-state index contributed by atoms with van der Waals surface area (Å²) in [5.74, 6) is 0.183. The molecule has 2 N–H and O–H groups in total. The Balaban J connectivity index is 1.84. The maximum Gasteiger partial charge on any atom is 0.408 e. The number of para-hydroxylation sites is 1. The van der Waals surface area contributed by atoms with E-state index in [9.17, 15) is 18.3 Å². The van der Waals surface area contributed by atoms with Crippen molar-refractivity contribution in [1.82, 2.24) is 15.1 Å². The molecule has 0 bridgehead atoms. The van der Waals surface area contributed by atoms with E-state index < -0.39 is 12.7 Å². The molecule has 0 unspecified atom stereocenters. The van der Waals surface area contributed by atoms with Crippen molar-refractivity contribution in [3.05, 3.63) is 47.8 Å². The predicted molar refractivity (Wildman–Crippen MR) is 66.9 cm³/mol. The van der Waals surface area contributed by atoms with Crippen LogP contribution in [0, 0.1) is 0 Å². The highest BCUT2D eigenvalue weighted by Crippen LogP contribution is 2.17. The predicted octanol–water partition coefficient (Wildman–Crippen LogP) is 2.44. The molecule has 0 aliphatic carbocycles. The summed E-state index contributed by atoms with van der Waals surface area (Å²) >= 11 is 0. The number of phenols is 1. The summed E-state index contributed by atoms with van der Waals surface area (Å²) in [6, 6.07) is 8.40. The van der Waals surface area contributed by atoms with Crippen molar-refractivity contribution in [2.75, 3.05) is 0 Å². The molecule has 0 aliphatic heterocycles. The van der Waals surface area contributed by atoms with Crippen LogP contribution in [0.4, 0.5) is 13.2 Å². The van der Waals surface area contributed by atoms with Gasteiger partial charge in [-0.2, -0.15) is 18.3 Å². The Kier molecular flexibility index (Phi) is 4.29. The highest BCUT2D eigenvalue weighted by molar-refractivity contribution is 5.31. The Labute approximate surface area is 113 Å². The maximum absolute atomic E-state index is 12.2. The summed E-state index contributed by atoms with van der Waals surface area (Å²) in [6.07, 6.45) is -2.98. The summed E-state index contributed by atoms with van der Waals surface area (Å²) < 4.78 is 37.4. The average molecular weight is 285 g/mol. The van der Waals surface area contributed by atoms with Crippen molar-refractivity contribution < 1.29 is 18.3 Å². The molecule has 0 amide bonds. The fraction of sp³-hybridized carbons (Fsp3) is 0.308. The molecular formula is C13H14F3N3O. The van der Waals surface area contributed by atoms with Gasteiger partial charge in [0.25, 0.3) is 0 Å². The Morgan fingerprint density at radius 1 is 1.15 bits per heavy atom. The van der Waals surface area contributed by atoms with Gasteiger partial charge in [0.2, 0.25) is 0 Å². The maximum atomic E-state index is 12.2. The van der Waals surface area contributed by atoms with Crippen molar-refractivity contribution >= 4 is 0 Å². The minimum atomic E-state index is -4.27. The lowest BCUT2D eigenvalue weighted by Gasteiger charge is -2.06. The van der Waals surface area contributed by atoms with E-state index in [1.165, 1.54) is 12.3 Å². The second kappa shape index (κ2) is 5.96. The van der Waals surface area contributed by atoms with Crippen LogP contribution in [0.1, 0.15) is 11.3 Å². The fourth-order valence-corrected chi connectivity index (χ4v) is 1.76. The van der Waals surface area contributed by atoms with E-state index in [2.05, 4.69) is 10.4 Å². The van der Waals surface area contributed by atoms with E-state index in [4.69, 9.17) is 0 Å². The second-order valence-corrected chi connectivity index (χ2v) is 4.35. The van der Waals surface area contributed by atoms with Crippen LogP contribution in [0.5, 0.6) is 5.75 Å². The van der Waals surface area contributed by atoms with E-state index >= 15 is 0 Å². The number of hydrogen-bond donors (Lipinski definition) is 2. The number of hydrogen-bond acceptors (Lipinski definition) is 3. The zero-order chi connectivity index (χ0) is 14.6. The molecule has 0 saturated carbocycles. The highest BCUT2D eigenvalue weighted by Gasteiger charge is 2.28. The Hall–Kier alpha value is -2.02. The molecule has 1 heterocycles. The van der Waals surface area contributed by atoms with Crippen LogP contribution >= 0.6 is 0 Å². The van der Waals surface area contributed by atoms with Gasteiger partial charge >= 0.3 is 6.18 Å². The second-order valence-electron chi connectivity index (χ2n) is 4.35. The number of nitrogens with one attached hydrogen (secondary N) is 1. The first-order valence-corrected chi connectivity index (χ1v) is 6.01. The fourth-order valence-electron chi connectivity index (χ4n) is 1.76. The monoisotopic (exact) mass is 285 g/mol. The molecule has 0 fully saturated rings. The summed E-state index contributed by atoms with van der Waals surface area (Å²) in [7, 11) is 0. The van der Waals surface area contributed by atoms with E-state index in [1.807, 2.05) is 0 Å². The SMILES string of the molecule is Oc1ccccc1CNCc1ccn(CC(F)(F)F)n1. The molecule has 1 aromatic carbocycles. The van der Waals surface area contributed by atoms with Crippen LogP contribution < -0.4 is 5.32 Å². The average Bonchev–Trinajstić information content (AvgIpc) is 2.77. The van der Waals surface area contributed by atoms with Crippen LogP contribution in [0.2, 0.25) is 0 Å². The van der Waals surface area contributed by atoms with Gasteiger partial charge in [0.05, 0.1) is 5.69 Å². The Bertz CT molecular complexity index is 566. The van der Waals surface area contributed by atoms with Crippen LogP contribution in [0.25, 0.3) is 0 Å². The van der Waals surface area contributed by atoms with E-state index in [0.29, 0.717) is 18.8 Å². The Morgan fingerprint density at radius 3 is 2.60 bits per heavy atom. The zero-order valence-electron chi connectivity index (χ0n) is 10.6. The molecule has 20 heavy (non-hydrogen) atoms. The number of halogens is 3. The number of nitrogens with zero attached hydrogens (tertiary/aromatic N) is 2. The van der Waals surface area contributed by atoms with Gasteiger partial charge in [-0.1, -0.05) is 18.2 Å². The third-order valence-corrected chi connectivity index (χ3v) is 2.65. The van der Waals surface area contributed by atoms with Gasteiger partial charge in [-0.25, -0.2) is 0 Å². The van der Waals surface area contributed by atoms with Crippen LogP contribution in [-0.2, 0) is 19.6 Å². The third kappa shape index (κ3) is 4.27. The van der Waals surface area contributed by atoms with Crippen molar-refractivity contribution in [3.63, 3.8) is 0 Å². The van der Waals surface area contributed by atoms with Crippen molar-refractivity contribution in [3.8, 4) is 5.75 Å². The molecule has 4 nitrogen and oxygen atoms in total. The molecule has 1 aromatic heterocycles. The Morgan fingerprint density at radius 2 is 1.90 bits per heavy atom. The zero-order valence-corrected chi connectivity index (χ0v) is 10.6. The summed E-state index contributed by atoms with van der Waals surface area (Å²) in [6.45, 7) is -0.343. The van der Waals surface area contributed by atoms with Crippen molar-refractivity contribution in [2.24, 2.45) is 0 Å². The van der Waals surface area contributed by atoms with Crippen LogP contribution in [0.3, 0.4) is 0 Å². The van der Waals surface area contributed by atoms with Crippen LogP contribution in [-0.4, -0.2) is 21.1 Å². The standard InChI is InChI=1S/C13H14F3N3O/c14-13(15,16)9-19-6-5-11(18-19)8-17-7-10-3-1-2-4-12(10)20/h1-6,17,20H,7-9H2. The third-order valence-electron chi connectivity index (χ3n) is 2.65. The minimum Gasteiger partial charge on any atom is -0.508 e. The molecule has 0 saturated heterocycles. The molecular weight excluding hydrogens is 271 g/mol. The first-order valence-electron chi connectivity index (χ1n) is 6.01. The molecule has 2 aromatic rings. The molecule has 2 rings (SSSR count). The topological polar surface area (TPSA) is 50.1 Å². The lowest BCUT2D eigenvalue weighted by atomic mass is 10.2. The van der Waals surface area contributed by atoms with E-state index in [1.54, 1.807) is 24.3 Å². The largest absolute Gasteiger partial charge is 0.508 e. The molecule has 108 valence electrons. The van der Waals surface area contributed by atoms with Gasteiger partial charge < -0.3 is 10.4 Å². The lowest BCUT2D eigenvalue weighted by Crippen LogP contribution is -2.19. The quantitative estimate of drug-likeness (QED) is 0.887. The number of rotatable bonds is 5. The van der Waals surface area contributed by atoms with Crippen molar-refractivity contribution in [1.29, 1.82) is 0 Å². The van der Waals surface area contributed by atoms with E-state index in [-0.39, 0.29) is 5.75 Å². The first-order chi connectivity index (χ1) is 9.44. The number of alkyl halides is 3. The minimum absolute atomic E-state index is 0.183. The number of aromatic hydroxyl groups is 1. The summed E-state index contributed by atoms with van der Waals surface area (Å²) in [4.78, 5) is 0. The summed E-state index contributed by atoms with van der Waals surface area (Å²) in [5.41, 5.74) is 1.24. The lowest BCUT2D eigenvalue weighted by molar-refractivity contribution is -0.142. The molecule has 7 heteroatoms. The van der Waals surface area contributed by atoms with Crippen molar-refractivity contribution in [2.45, 2.75) is 25.8 Å². The molecule has 0 radical (unpaired) electrons. The van der Waals surface area contributed by atoms with Gasteiger partial charge in [-0.15, -0.1) is 0 Å². The number of phenolic OH excluding ortho intramolecular Hbond substituents is 1. The van der Waals surface area contributed by atoms with Gasteiger partial charge in [-0.3, -0.25) is 4.68 Å². The van der Waals surface area contributed by atoms with Gasteiger partial charge in [0.1, 0.15) is 12.3 Å². The molecule has 0 atom stereocenters. The highest BCUT2D eigenvalue weighted by atomic mass is 19.4. The number of aromatic nitrogens is 2. The smallest absolute Gasteiger partial charge is 0.408 e. The van der Waals surface area contributed by atoms with Gasteiger partial charge in [-0.05, 0) is 12.1 Å². The van der Waals surface area contributed by atoms with Gasteiger partial charge in [0.15, 0.2) is 0 Å². The molecule has 0 spiro atoms. The van der Waals surface area contributed by atoms with E-state index in [0.717, 1.165) is 10.2 Å². The molecule has 0 aliphatic rings. The normalized spacial score (nSPS) is 11.8. The number of benzene rings is 1.